The Hall–Kier alpha value is -4.39. The maximum atomic E-state index is 12.3. The predicted octanol–water partition coefficient (Wildman–Crippen LogP) is 3.84. The Bertz CT molecular complexity index is 1380. The van der Waals surface area contributed by atoms with Crippen molar-refractivity contribution in [3.8, 4) is 22.3 Å². The van der Waals surface area contributed by atoms with Crippen molar-refractivity contribution in [3.05, 3.63) is 88.2 Å². The van der Waals surface area contributed by atoms with Gasteiger partial charge >= 0.3 is 11.9 Å². The summed E-state index contributed by atoms with van der Waals surface area (Å²) in [6.45, 7) is 0. The number of rotatable bonds is 4. The zero-order valence-corrected chi connectivity index (χ0v) is 15.5. The number of aromatic amines is 1. The lowest BCUT2D eigenvalue weighted by Gasteiger charge is -2.14. The molecular weight excluding hydrogens is 384 g/mol. The number of H-pyrrole nitrogens is 1. The van der Waals surface area contributed by atoms with E-state index in [1.54, 1.807) is 18.2 Å². The number of fused-ring (bicyclic) bond motifs is 1. The quantitative estimate of drug-likeness (QED) is 0.411. The molecule has 1 aromatic heterocycles. The Kier molecular flexibility index (Phi) is 4.56. The number of nitrogens with two attached hydrogens (primary N) is 1. The number of anilines is 1. The van der Waals surface area contributed by atoms with E-state index in [2.05, 4.69) is 4.98 Å². The van der Waals surface area contributed by atoms with Crippen molar-refractivity contribution < 1.29 is 19.8 Å². The summed E-state index contributed by atoms with van der Waals surface area (Å²) >= 11 is 0. The number of carboxylic acids is 2. The molecule has 0 fully saturated rings. The number of nitrogen functional groups attached to an aromatic ring is 1. The van der Waals surface area contributed by atoms with Crippen molar-refractivity contribution in [2.24, 2.45) is 0 Å². The van der Waals surface area contributed by atoms with Gasteiger partial charge in [-0.05, 0) is 33.5 Å². The fourth-order valence-electron chi connectivity index (χ4n) is 3.65. The van der Waals surface area contributed by atoms with Crippen molar-refractivity contribution in [2.75, 3.05) is 5.73 Å². The standard InChI is InChI=1S/C23H16N2O5/c24-20-18(22(27)28)17(19(23(29)30)21(26)25-20)14-8-3-7-13(11-14)16-10-4-6-12-5-1-2-9-15(12)16/h1-11H,(H,27,28)(H,29,30)(H3,24,25,26). The third kappa shape index (κ3) is 3.08. The molecule has 0 aliphatic rings. The fraction of sp³-hybridized carbons (Fsp3) is 0. The van der Waals surface area contributed by atoms with Crippen LogP contribution in [0.25, 0.3) is 33.0 Å². The van der Waals surface area contributed by atoms with Crippen LogP contribution in [0.5, 0.6) is 0 Å². The molecule has 4 aromatic rings. The molecule has 0 radical (unpaired) electrons. The fourth-order valence-corrected chi connectivity index (χ4v) is 3.65. The van der Waals surface area contributed by atoms with Gasteiger partial charge in [-0.3, -0.25) is 4.79 Å². The highest BCUT2D eigenvalue weighted by atomic mass is 16.4. The van der Waals surface area contributed by atoms with Gasteiger partial charge in [0.1, 0.15) is 16.9 Å². The average Bonchev–Trinajstić information content (AvgIpc) is 2.72. The molecule has 30 heavy (non-hydrogen) atoms. The number of pyridine rings is 1. The number of benzene rings is 3. The maximum Gasteiger partial charge on any atom is 0.342 e. The molecule has 0 unspecified atom stereocenters. The molecule has 4 rings (SSSR count). The van der Waals surface area contributed by atoms with Gasteiger partial charge in [0.15, 0.2) is 0 Å². The van der Waals surface area contributed by atoms with E-state index in [1.807, 2.05) is 48.5 Å². The molecule has 5 N–H and O–H groups in total. The maximum absolute atomic E-state index is 12.3. The summed E-state index contributed by atoms with van der Waals surface area (Å²) in [5.74, 6) is -3.37. The summed E-state index contributed by atoms with van der Waals surface area (Å²) < 4.78 is 0. The Morgan fingerprint density at radius 1 is 0.800 bits per heavy atom. The van der Waals surface area contributed by atoms with Crippen molar-refractivity contribution in [3.63, 3.8) is 0 Å². The summed E-state index contributed by atoms with van der Waals surface area (Å²) in [4.78, 5) is 38.0. The molecule has 3 aromatic carbocycles. The zero-order valence-electron chi connectivity index (χ0n) is 15.5. The van der Waals surface area contributed by atoms with Crippen molar-refractivity contribution in [1.82, 2.24) is 4.98 Å². The highest BCUT2D eigenvalue weighted by Gasteiger charge is 2.26. The van der Waals surface area contributed by atoms with Crippen LogP contribution < -0.4 is 11.3 Å². The summed E-state index contributed by atoms with van der Waals surface area (Å²) in [6.07, 6.45) is 0. The van der Waals surface area contributed by atoms with Crippen LogP contribution in [0.3, 0.4) is 0 Å². The molecule has 0 atom stereocenters. The van der Waals surface area contributed by atoms with Crippen molar-refractivity contribution in [2.45, 2.75) is 0 Å². The van der Waals surface area contributed by atoms with Gasteiger partial charge in [-0.25, -0.2) is 9.59 Å². The smallest absolute Gasteiger partial charge is 0.342 e. The van der Waals surface area contributed by atoms with Crippen LogP contribution in [-0.2, 0) is 0 Å². The van der Waals surface area contributed by atoms with Crippen LogP contribution in [-0.4, -0.2) is 27.1 Å². The first-order valence-corrected chi connectivity index (χ1v) is 8.99. The number of nitrogens with one attached hydrogen (secondary N) is 1. The van der Waals surface area contributed by atoms with E-state index in [-0.39, 0.29) is 11.1 Å². The zero-order chi connectivity index (χ0) is 21.4. The van der Waals surface area contributed by atoms with Crippen molar-refractivity contribution >= 4 is 28.5 Å². The highest BCUT2D eigenvalue weighted by Crippen LogP contribution is 2.34. The molecule has 0 saturated carbocycles. The molecule has 7 heteroatoms. The van der Waals surface area contributed by atoms with Crippen LogP contribution in [0.4, 0.5) is 5.82 Å². The molecule has 0 amide bonds. The Morgan fingerprint density at radius 3 is 2.17 bits per heavy atom. The number of aromatic carboxylic acids is 2. The number of hydrogen-bond donors (Lipinski definition) is 4. The normalized spacial score (nSPS) is 10.8. The molecule has 0 spiro atoms. The van der Waals surface area contributed by atoms with Gasteiger partial charge in [0.2, 0.25) is 0 Å². The molecular formula is C23H16N2O5. The third-order valence-electron chi connectivity index (χ3n) is 4.92. The number of carbonyl (C=O) groups is 2. The van der Waals surface area contributed by atoms with Gasteiger partial charge in [0.05, 0.1) is 0 Å². The van der Waals surface area contributed by atoms with E-state index in [0.717, 1.165) is 21.9 Å². The topological polar surface area (TPSA) is 133 Å². The van der Waals surface area contributed by atoms with E-state index >= 15 is 0 Å². The first kappa shape index (κ1) is 18.9. The second-order valence-electron chi connectivity index (χ2n) is 6.71. The minimum absolute atomic E-state index is 0.224. The Balaban J connectivity index is 2.04. The molecule has 0 saturated heterocycles. The second kappa shape index (κ2) is 7.21. The number of carboxylic acid groups (broad SMARTS) is 2. The lowest BCUT2D eigenvalue weighted by molar-refractivity contribution is 0.0695. The van der Waals surface area contributed by atoms with Crippen molar-refractivity contribution in [1.29, 1.82) is 0 Å². The number of aromatic nitrogens is 1. The first-order valence-electron chi connectivity index (χ1n) is 8.99. The average molecular weight is 400 g/mol. The van der Waals surface area contributed by atoms with Crippen LogP contribution in [0.15, 0.2) is 71.5 Å². The van der Waals surface area contributed by atoms with Gasteiger partial charge in [0.25, 0.3) is 5.56 Å². The Labute approximate surface area is 170 Å². The van der Waals surface area contributed by atoms with Gasteiger partial charge in [-0.15, -0.1) is 0 Å². The minimum Gasteiger partial charge on any atom is -0.478 e. The van der Waals surface area contributed by atoms with E-state index < -0.39 is 34.4 Å². The van der Waals surface area contributed by atoms with E-state index in [4.69, 9.17) is 5.73 Å². The SMILES string of the molecule is Nc1[nH]c(=O)c(C(=O)O)c(-c2cccc(-c3cccc4ccccc34)c2)c1C(=O)O. The molecule has 1 heterocycles. The Morgan fingerprint density at radius 2 is 1.43 bits per heavy atom. The molecule has 0 aliphatic heterocycles. The van der Waals surface area contributed by atoms with Gasteiger partial charge < -0.3 is 20.9 Å². The van der Waals surface area contributed by atoms with Gasteiger partial charge in [-0.1, -0.05) is 60.7 Å². The summed E-state index contributed by atoms with van der Waals surface area (Å²) in [5, 5.41) is 21.2. The van der Waals surface area contributed by atoms with Crippen LogP contribution in [0.2, 0.25) is 0 Å². The van der Waals surface area contributed by atoms with Gasteiger partial charge in [0, 0.05) is 5.56 Å². The summed E-state index contributed by atoms with van der Waals surface area (Å²) in [5.41, 5.74) is 5.32. The molecule has 148 valence electrons. The summed E-state index contributed by atoms with van der Waals surface area (Å²) in [6, 6.07) is 20.3. The first-order chi connectivity index (χ1) is 14.4. The third-order valence-corrected chi connectivity index (χ3v) is 4.92. The van der Waals surface area contributed by atoms with E-state index in [9.17, 15) is 24.6 Å². The van der Waals surface area contributed by atoms with Crippen LogP contribution in [0, 0.1) is 0 Å². The molecule has 0 bridgehead atoms. The highest BCUT2D eigenvalue weighted by molar-refractivity contribution is 6.08. The molecule has 7 nitrogen and oxygen atoms in total. The largest absolute Gasteiger partial charge is 0.478 e. The van der Waals surface area contributed by atoms with E-state index in [0.29, 0.717) is 0 Å². The predicted molar refractivity (Wildman–Crippen MR) is 114 cm³/mol. The lowest BCUT2D eigenvalue weighted by atomic mass is 9.91. The summed E-state index contributed by atoms with van der Waals surface area (Å²) in [7, 11) is 0. The minimum atomic E-state index is -1.54. The number of hydrogen-bond acceptors (Lipinski definition) is 4. The van der Waals surface area contributed by atoms with E-state index in [1.165, 1.54) is 0 Å². The van der Waals surface area contributed by atoms with Crippen LogP contribution >= 0.6 is 0 Å². The monoisotopic (exact) mass is 400 g/mol. The van der Waals surface area contributed by atoms with Gasteiger partial charge in [-0.2, -0.15) is 0 Å². The second-order valence-corrected chi connectivity index (χ2v) is 6.71. The molecule has 0 aliphatic carbocycles. The lowest BCUT2D eigenvalue weighted by Crippen LogP contribution is -2.24. The van der Waals surface area contributed by atoms with Crippen LogP contribution in [0.1, 0.15) is 20.7 Å².